The van der Waals surface area contributed by atoms with Crippen molar-refractivity contribution < 1.29 is 9.67 Å². The summed E-state index contributed by atoms with van der Waals surface area (Å²) in [5, 5.41) is 10.4. The fraction of sp³-hybridized carbons (Fsp3) is 0.625. The SMILES string of the molecule is Cc1cccc(C)c1C(O)[P+](=O)CC(C)C(C)(C)C. The van der Waals surface area contributed by atoms with Crippen LogP contribution in [0, 0.1) is 25.2 Å². The second kappa shape index (κ2) is 6.15. The monoisotopic (exact) mass is 281 g/mol. The summed E-state index contributed by atoms with van der Waals surface area (Å²) in [6, 6.07) is 5.88. The molecule has 0 saturated carbocycles. The predicted molar refractivity (Wildman–Crippen MR) is 82.0 cm³/mol. The first-order chi connectivity index (χ1) is 8.64. The van der Waals surface area contributed by atoms with Gasteiger partial charge < -0.3 is 5.11 Å². The first kappa shape index (κ1) is 16.3. The number of aliphatic hydroxyl groups is 1. The number of aliphatic hydroxyl groups excluding tert-OH is 1. The highest BCUT2D eigenvalue weighted by molar-refractivity contribution is 7.44. The molecule has 1 rings (SSSR count). The molecular weight excluding hydrogens is 255 g/mol. The molecule has 3 unspecified atom stereocenters. The fourth-order valence-corrected chi connectivity index (χ4v) is 4.00. The van der Waals surface area contributed by atoms with Gasteiger partial charge in [0.2, 0.25) is 0 Å². The summed E-state index contributed by atoms with van der Waals surface area (Å²) in [5.74, 6) is -0.531. The molecule has 0 aromatic heterocycles. The van der Waals surface area contributed by atoms with Gasteiger partial charge in [0.15, 0.2) is 6.16 Å². The van der Waals surface area contributed by atoms with E-state index in [1.807, 2.05) is 32.0 Å². The Morgan fingerprint density at radius 3 is 2.11 bits per heavy atom. The van der Waals surface area contributed by atoms with Crippen LogP contribution in [0.5, 0.6) is 0 Å². The molecule has 3 heteroatoms. The van der Waals surface area contributed by atoms with Crippen LogP contribution in [0.1, 0.15) is 50.2 Å². The van der Waals surface area contributed by atoms with Gasteiger partial charge in [-0.2, -0.15) is 0 Å². The summed E-state index contributed by atoms with van der Waals surface area (Å²) in [6.07, 6.45) is 0.563. The highest BCUT2D eigenvalue weighted by Crippen LogP contribution is 2.45. The number of hydrogen-bond donors (Lipinski definition) is 1. The Bertz CT molecular complexity index is 440. The summed E-state index contributed by atoms with van der Waals surface area (Å²) < 4.78 is 12.4. The largest absolute Gasteiger partial charge is 0.375 e. The molecule has 1 N–H and O–H groups in total. The van der Waals surface area contributed by atoms with E-state index in [4.69, 9.17) is 0 Å². The van der Waals surface area contributed by atoms with Crippen LogP contribution in [0.4, 0.5) is 0 Å². The molecule has 2 nitrogen and oxygen atoms in total. The molecule has 0 fully saturated rings. The van der Waals surface area contributed by atoms with Crippen molar-refractivity contribution >= 4 is 7.80 Å². The zero-order valence-electron chi connectivity index (χ0n) is 12.9. The average molecular weight is 281 g/mol. The van der Waals surface area contributed by atoms with Crippen LogP contribution in [-0.2, 0) is 4.57 Å². The van der Waals surface area contributed by atoms with Crippen LogP contribution in [0.2, 0.25) is 0 Å². The molecule has 1 aromatic carbocycles. The summed E-state index contributed by atoms with van der Waals surface area (Å²) in [6.45, 7) is 12.5. The van der Waals surface area contributed by atoms with Gasteiger partial charge in [-0.05, 0) is 30.4 Å². The zero-order chi connectivity index (χ0) is 14.8. The minimum Gasteiger partial charge on any atom is -0.347 e. The predicted octanol–water partition coefficient (Wildman–Crippen LogP) is 4.80. The molecule has 1 aromatic rings. The average Bonchev–Trinajstić information content (AvgIpc) is 2.27. The Balaban J connectivity index is 2.89. The third-order valence-electron chi connectivity index (χ3n) is 4.01. The van der Waals surface area contributed by atoms with E-state index < -0.39 is 13.6 Å². The van der Waals surface area contributed by atoms with Crippen LogP contribution in [0.3, 0.4) is 0 Å². The lowest BCUT2D eigenvalue weighted by molar-refractivity contribution is 0.248. The van der Waals surface area contributed by atoms with Crippen molar-refractivity contribution in [3.63, 3.8) is 0 Å². The molecule has 0 aliphatic carbocycles. The lowest BCUT2D eigenvalue weighted by atomic mass is 9.83. The van der Waals surface area contributed by atoms with E-state index in [0.717, 1.165) is 16.7 Å². The van der Waals surface area contributed by atoms with Gasteiger partial charge in [-0.25, -0.2) is 0 Å². The molecule has 0 amide bonds. The van der Waals surface area contributed by atoms with Crippen LogP contribution in [-0.4, -0.2) is 11.3 Å². The standard InChI is InChI=1S/C16H26O2P/c1-11-8-7-9-12(2)14(11)15(17)19(18)10-13(3)16(4,5)6/h7-9,13,15,17H,10H2,1-6H3/q+1. The van der Waals surface area contributed by atoms with Gasteiger partial charge in [-0.3, -0.25) is 0 Å². The number of aryl methyl sites for hydroxylation is 2. The zero-order valence-corrected chi connectivity index (χ0v) is 13.8. The number of benzene rings is 1. The minimum atomic E-state index is -1.65. The summed E-state index contributed by atoms with van der Waals surface area (Å²) in [7, 11) is -1.65. The van der Waals surface area contributed by atoms with E-state index in [0.29, 0.717) is 12.1 Å². The highest BCUT2D eigenvalue weighted by Gasteiger charge is 2.36. The lowest BCUT2D eigenvalue weighted by Crippen LogP contribution is -2.20. The Morgan fingerprint density at radius 1 is 1.21 bits per heavy atom. The summed E-state index contributed by atoms with van der Waals surface area (Å²) >= 11 is 0. The third kappa shape index (κ3) is 4.12. The van der Waals surface area contributed by atoms with Gasteiger partial charge in [0, 0.05) is 11.5 Å². The molecule has 0 heterocycles. The lowest BCUT2D eigenvalue weighted by Gasteiger charge is -2.24. The Morgan fingerprint density at radius 2 is 1.68 bits per heavy atom. The van der Waals surface area contributed by atoms with Crippen molar-refractivity contribution in [1.29, 1.82) is 0 Å². The smallest absolute Gasteiger partial charge is 0.347 e. The quantitative estimate of drug-likeness (QED) is 0.805. The van der Waals surface area contributed by atoms with Crippen molar-refractivity contribution in [2.75, 3.05) is 6.16 Å². The van der Waals surface area contributed by atoms with Crippen molar-refractivity contribution in [1.82, 2.24) is 0 Å². The van der Waals surface area contributed by atoms with Crippen molar-refractivity contribution in [2.45, 2.75) is 47.4 Å². The molecule has 0 radical (unpaired) electrons. The summed E-state index contributed by atoms with van der Waals surface area (Å²) in [4.78, 5) is 0. The molecule has 106 valence electrons. The minimum absolute atomic E-state index is 0.117. The van der Waals surface area contributed by atoms with E-state index >= 15 is 0 Å². The molecule has 0 aliphatic rings. The van der Waals surface area contributed by atoms with Crippen LogP contribution >= 0.6 is 7.80 Å². The van der Waals surface area contributed by atoms with Gasteiger partial charge in [-0.1, -0.05) is 50.5 Å². The number of hydrogen-bond acceptors (Lipinski definition) is 2. The van der Waals surface area contributed by atoms with E-state index in [1.165, 1.54) is 0 Å². The van der Waals surface area contributed by atoms with Gasteiger partial charge >= 0.3 is 7.80 Å². The Kier molecular flexibility index (Phi) is 5.29. The molecule has 0 spiro atoms. The maximum absolute atomic E-state index is 12.4. The number of rotatable bonds is 4. The Labute approximate surface area is 118 Å². The van der Waals surface area contributed by atoms with E-state index in [1.54, 1.807) is 0 Å². The molecule has 0 saturated heterocycles. The van der Waals surface area contributed by atoms with E-state index in [9.17, 15) is 9.67 Å². The molecule has 0 aliphatic heterocycles. The summed E-state index contributed by atoms with van der Waals surface area (Å²) in [5.41, 5.74) is 2.98. The van der Waals surface area contributed by atoms with Crippen molar-refractivity contribution in [3.8, 4) is 0 Å². The van der Waals surface area contributed by atoms with Gasteiger partial charge in [0.05, 0.1) is 0 Å². The Hall–Kier alpha value is -0.720. The second-order valence-electron chi connectivity index (χ2n) is 6.55. The van der Waals surface area contributed by atoms with Gasteiger partial charge in [0.25, 0.3) is 5.85 Å². The van der Waals surface area contributed by atoms with Gasteiger partial charge in [0.1, 0.15) is 0 Å². The second-order valence-corrected chi connectivity index (χ2v) is 8.23. The highest BCUT2D eigenvalue weighted by atomic mass is 31.1. The van der Waals surface area contributed by atoms with Crippen molar-refractivity contribution in [2.24, 2.45) is 11.3 Å². The maximum Gasteiger partial charge on any atom is 0.375 e. The van der Waals surface area contributed by atoms with Crippen molar-refractivity contribution in [3.05, 3.63) is 34.9 Å². The molecule has 19 heavy (non-hydrogen) atoms. The normalized spacial score (nSPS) is 16.1. The maximum atomic E-state index is 12.4. The first-order valence-corrected chi connectivity index (χ1v) is 8.34. The van der Waals surface area contributed by atoms with Crippen LogP contribution in [0.15, 0.2) is 18.2 Å². The van der Waals surface area contributed by atoms with E-state index in [2.05, 4.69) is 27.7 Å². The molecular formula is C16H26O2P+. The molecule has 3 atom stereocenters. The molecule has 0 bridgehead atoms. The van der Waals surface area contributed by atoms with Crippen LogP contribution in [0.25, 0.3) is 0 Å². The third-order valence-corrected chi connectivity index (χ3v) is 5.72. The van der Waals surface area contributed by atoms with E-state index in [-0.39, 0.29) is 5.41 Å². The van der Waals surface area contributed by atoms with Gasteiger partial charge in [-0.15, -0.1) is 0 Å². The topological polar surface area (TPSA) is 37.3 Å². The van der Waals surface area contributed by atoms with Crippen LogP contribution < -0.4 is 0 Å². The first-order valence-electron chi connectivity index (χ1n) is 6.82. The fourth-order valence-electron chi connectivity index (χ4n) is 2.02.